The zero-order chi connectivity index (χ0) is 20.7. The van der Waals surface area contributed by atoms with Crippen molar-refractivity contribution in [2.45, 2.75) is 25.1 Å². The van der Waals surface area contributed by atoms with E-state index >= 15 is 0 Å². The third kappa shape index (κ3) is 6.01. The lowest BCUT2D eigenvalue weighted by Gasteiger charge is -2.38. The molecule has 0 aliphatic carbocycles. The first kappa shape index (κ1) is 21.8. The van der Waals surface area contributed by atoms with Crippen molar-refractivity contribution >= 4 is 12.2 Å². The Kier molecular flexibility index (Phi) is 7.50. The molecule has 156 valence electrons. The maximum atomic E-state index is 13.1. The Labute approximate surface area is 160 Å². The summed E-state index contributed by atoms with van der Waals surface area (Å²) in [5.74, 6) is -0.340. The average molecular weight is 403 g/mol. The Hall–Kier alpha value is -2.49. The predicted molar refractivity (Wildman–Crippen MR) is 90.2 cm³/mol. The van der Waals surface area contributed by atoms with E-state index in [0.717, 1.165) is 17.0 Å². The minimum Gasteiger partial charge on any atom is -0.530 e. The number of likely N-dealkylation sites (tertiary alicyclic amines) is 1. The SMILES string of the molecule is COC(=O)NCCO[C@@H](c1cccc(C(F)(F)F)c1)C1CCCN(C(=O)[O-])C1. The van der Waals surface area contributed by atoms with Crippen LogP contribution in [0.4, 0.5) is 22.8 Å². The van der Waals surface area contributed by atoms with E-state index in [-0.39, 0.29) is 25.6 Å². The average Bonchev–Trinajstić information content (AvgIpc) is 2.67. The summed E-state index contributed by atoms with van der Waals surface area (Å²) in [6.45, 7) is 0.544. The summed E-state index contributed by atoms with van der Waals surface area (Å²) in [6, 6.07) is 4.79. The molecule has 0 bridgehead atoms. The fraction of sp³-hybridized carbons (Fsp3) is 0.556. The van der Waals surface area contributed by atoms with E-state index in [1.807, 2.05) is 0 Å². The highest BCUT2D eigenvalue weighted by Gasteiger charge is 2.33. The largest absolute Gasteiger partial charge is 0.530 e. The first-order chi connectivity index (χ1) is 13.2. The number of halogens is 3. The van der Waals surface area contributed by atoms with Crippen molar-refractivity contribution in [2.75, 3.05) is 33.4 Å². The number of nitrogens with one attached hydrogen (secondary N) is 1. The molecule has 0 spiro atoms. The molecule has 1 aliphatic rings. The number of rotatable bonds is 6. The van der Waals surface area contributed by atoms with Gasteiger partial charge in [0.2, 0.25) is 0 Å². The maximum absolute atomic E-state index is 13.1. The molecule has 1 aromatic carbocycles. The van der Waals surface area contributed by atoms with E-state index in [2.05, 4.69) is 10.1 Å². The molecule has 0 aromatic heterocycles. The molecule has 7 nitrogen and oxygen atoms in total. The first-order valence-electron chi connectivity index (χ1n) is 8.79. The van der Waals surface area contributed by atoms with Gasteiger partial charge in [-0.2, -0.15) is 13.2 Å². The Morgan fingerprint density at radius 2 is 2.14 bits per heavy atom. The van der Waals surface area contributed by atoms with Crippen molar-refractivity contribution in [2.24, 2.45) is 5.92 Å². The second kappa shape index (κ2) is 9.63. The minimum atomic E-state index is -4.50. The van der Waals surface area contributed by atoms with Gasteiger partial charge < -0.3 is 29.6 Å². The van der Waals surface area contributed by atoms with Gasteiger partial charge in [0, 0.05) is 25.6 Å². The van der Waals surface area contributed by atoms with Crippen LogP contribution in [0.15, 0.2) is 24.3 Å². The number of carboxylic acid groups (broad SMARTS) is 1. The van der Waals surface area contributed by atoms with Gasteiger partial charge in [-0.3, -0.25) is 0 Å². The van der Waals surface area contributed by atoms with Crippen LogP contribution in [0.2, 0.25) is 0 Å². The molecule has 2 amide bonds. The molecule has 1 N–H and O–H groups in total. The van der Waals surface area contributed by atoms with Crippen molar-refractivity contribution in [1.29, 1.82) is 0 Å². The Morgan fingerprint density at radius 1 is 1.39 bits per heavy atom. The molecule has 1 saturated heterocycles. The van der Waals surface area contributed by atoms with Crippen LogP contribution in [0, 0.1) is 5.92 Å². The Bertz CT molecular complexity index is 683. The van der Waals surface area contributed by atoms with Gasteiger partial charge in [0.25, 0.3) is 0 Å². The number of methoxy groups -OCH3 is 1. The standard InChI is InChI=1S/C18H23F3N2O5/c1-27-16(24)22-7-9-28-15(13-5-3-8-23(11-13)17(25)26)12-4-2-6-14(10-12)18(19,20)21/h2,4,6,10,13,15H,3,5,7-9,11H2,1H3,(H,22,24)(H,25,26)/p-1/t13?,15-/m0/s1. The number of alkyl halides is 3. The van der Waals surface area contributed by atoms with Gasteiger partial charge >= 0.3 is 12.3 Å². The van der Waals surface area contributed by atoms with Crippen molar-refractivity contribution in [3.63, 3.8) is 0 Å². The van der Waals surface area contributed by atoms with Crippen LogP contribution >= 0.6 is 0 Å². The van der Waals surface area contributed by atoms with Crippen molar-refractivity contribution in [3.8, 4) is 0 Å². The summed E-state index contributed by atoms with van der Waals surface area (Å²) in [4.78, 5) is 23.4. The highest BCUT2D eigenvalue weighted by Crippen LogP contribution is 2.36. The van der Waals surface area contributed by atoms with Crippen LogP contribution in [-0.4, -0.2) is 50.4 Å². The van der Waals surface area contributed by atoms with E-state index < -0.39 is 30.0 Å². The minimum absolute atomic E-state index is 0.0256. The second-order valence-electron chi connectivity index (χ2n) is 6.45. The van der Waals surface area contributed by atoms with Gasteiger partial charge in [-0.25, -0.2) is 4.79 Å². The molecule has 0 radical (unpaired) electrons. The molecule has 10 heteroatoms. The van der Waals surface area contributed by atoms with Crippen molar-refractivity contribution in [3.05, 3.63) is 35.4 Å². The molecule has 2 rings (SSSR count). The number of hydrogen-bond donors (Lipinski definition) is 1. The third-order valence-electron chi connectivity index (χ3n) is 4.54. The lowest BCUT2D eigenvalue weighted by atomic mass is 9.88. The van der Waals surface area contributed by atoms with Gasteiger partial charge in [0.1, 0.15) is 6.09 Å². The summed E-state index contributed by atoms with van der Waals surface area (Å²) in [6.07, 6.45) is -6.09. The number of ether oxygens (including phenoxy) is 2. The van der Waals surface area contributed by atoms with Crippen LogP contribution in [-0.2, 0) is 15.7 Å². The van der Waals surface area contributed by atoms with Crippen LogP contribution in [0.1, 0.15) is 30.1 Å². The van der Waals surface area contributed by atoms with E-state index in [9.17, 15) is 27.9 Å². The third-order valence-corrected chi connectivity index (χ3v) is 4.54. The van der Waals surface area contributed by atoms with Crippen molar-refractivity contribution in [1.82, 2.24) is 10.2 Å². The fourth-order valence-electron chi connectivity index (χ4n) is 3.23. The van der Waals surface area contributed by atoms with E-state index in [4.69, 9.17) is 4.74 Å². The van der Waals surface area contributed by atoms with E-state index in [0.29, 0.717) is 24.9 Å². The Morgan fingerprint density at radius 3 is 2.79 bits per heavy atom. The number of hydrogen-bond acceptors (Lipinski definition) is 5. The number of carbonyl (C=O) groups excluding carboxylic acids is 2. The molecule has 2 atom stereocenters. The molecular weight excluding hydrogens is 381 g/mol. The molecule has 28 heavy (non-hydrogen) atoms. The number of benzene rings is 1. The first-order valence-corrected chi connectivity index (χ1v) is 8.79. The number of nitrogens with zero attached hydrogens (tertiary/aromatic N) is 1. The van der Waals surface area contributed by atoms with E-state index in [1.165, 1.54) is 19.2 Å². The smallest absolute Gasteiger partial charge is 0.416 e. The molecule has 1 unspecified atom stereocenters. The number of carbonyl (C=O) groups is 2. The number of amides is 2. The van der Waals surface area contributed by atoms with Gasteiger partial charge in [0.05, 0.1) is 25.4 Å². The van der Waals surface area contributed by atoms with Gasteiger partial charge in [-0.15, -0.1) is 0 Å². The zero-order valence-corrected chi connectivity index (χ0v) is 15.3. The maximum Gasteiger partial charge on any atom is 0.416 e. The fourth-order valence-corrected chi connectivity index (χ4v) is 3.23. The second-order valence-corrected chi connectivity index (χ2v) is 6.45. The lowest BCUT2D eigenvalue weighted by Crippen LogP contribution is -2.48. The molecule has 1 aliphatic heterocycles. The Balaban J connectivity index is 2.18. The predicted octanol–water partition coefficient (Wildman–Crippen LogP) is 2.17. The van der Waals surface area contributed by atoms with Gasteiger partial charge in [-0.1, -0.05) is 12.1 Å². The van der Waals surface area contributed by atoms with Crippen LogP contribution in [0.25, 0.3) is 0 Å². The van der Waals surface area contributed by atoms with Crippen LogP contribution in [0.5, 0.6) is 0 Å². The molecule has 1 fully saturated rings. The highest BCUT2D eigenvalue weighted by molar-refractivity contribution is 5.66. The summed E-state index contributed by atoms with van der Waals surface area (Å²) in [5, 5.41) is 13.6. The quantitative estimate of drug-likeness (QED) is 0.736. The van der Waals surface area contributed by atoms with Crippen molar-refractivity contribution < 1.29 is 37.3 Å². The van der Waals surface area contributed by atoms with Gasteiger partial charge in [-0.05, 0) is 30.5 Å². The summed E-state index contributed by atoms with van der Waals surface area (Å²) >= 11 is 0. The normalized spacial score (nSPS) is 18.4. The lowest BCUT2D eigenvalue weighted by molar-refractivity contribution is -0.267. The molecular formula is C18H22F3N2O5-. The summed E-state index contributed by atoms with van der Waals surface area (Å²) in [5.41, 5.74) is -0.503. The van der Waals surface area contributed by atoms with E-state index in [1.54, 1.807) is 0 Å². The number of alkyl carbamates (subject to hydrolysis) is 1. The zero-order valence-electron chi connectivity index (χ0n) is 15.3. The highest BCUT2D eigenvalue weighted by atomic mass is 19.4. The van der Waals surface area contributed by atoms with Crippen LogP contribution < -0.4 is 10.4 Å². The molecule has 1 heterocycles. The summed E-state index contributed by atoms with van der Waals surface area (Å²) < 4.78 is 49.5. The number of piperidine rings is 1. The summed E-state index contributed by atoms with van der Waals surface area (Å²) in [7, 11) is 1.21. The van der Waals surface area contributed by atoms with Crippen LogP contribution in [0.3, 0.4) is 0 Å². The topological polar surface area (TPSA) is 90.9 Å². The monoisotopic (exact) mass is 403 g/mol. The molecule has 0 saturated carbocycles. The molecule has 1 aromatic rings. The van der Waals surface area contributed by atoms with Gasteiger partial charge in [0.15, 0.2) is 0 Å².